The second kappa shape index (κ2) is 5.81. The maximum atomic E-state index is 10.7. The molecule has 1 aromatic rings. The van der Waals surface area contributed by atoms with Crippen molar-refractivity contribution in [2.24, 2.45) is 5.92 Å². The van der Waals surface area contributed by atoms with E-state index in [1.54, 1.807) is 10.9 Å². The zero-order valence-electron chi connectivity index (χ0n) is 12.0. The average Bonchev–Trinajstić information content (AvgIpc) is 3.04. The van der Waals surface area contributed by atoms with Crippen molar-refractivity contribution < 1.29 is 14.6 Å². The number of nitrogens with zero attached hydrogens (tertiary/aromatic N) is 2. The molecule has 2 aliphatic heterocycles. The number of aromatic nitrogens is 2. The van der Waals surface area contributed by atoms with Gasteiger partial charge in [-0.2, -0.15) is 5.10 Å². The Hall–Kier alpha value is -0.950. The van der Waals surface area contributed by atoms with Crippen LogP contribution in [0.2, 0.25) is 0 Å². The molecule has 6 heteroatoms. The van der Waals surface area contributed by atoms with Crippen LogP contribution >= 0.6 is 0 Å². The van der Waals surface area contributed by atoms with Crippen molar-refractivity contribution in [3.63, 3.8) is 0 Å². The third-order valence-electron chi connectivity index (χ3n) is 4.06. The maximum Gasteiger partial charge on any atom is 0.183 e. The van der Waals surface area contributed by atoms with Crippen LogP contribution in [-0.2, 0) is 9.47 Å². The summed E-state index contributed by atoms with van der Waals surface area (Å²) < 4.78 is 13.3. The highest BCUT2D eigenvalue weighted by Gasteiger charge is 2.50. The number of nitrogens with one attached hydrogen (secondary N) is 1. The van der Waals surface area contributed by atoms with Gasteiger partial charge in [-0.05, 0) is 24.9 Å². The molecule has 5 atom stereocenters. The van der Waals surface area contributed by atoms with E-state index < -0.39 is 12.4 Å². The molecule has 3 heterocycles. The van der Waals surface area contributed by atoms with Gasteiger partial charge < -0.3 is 19.9 Å². The molecular weight excluding hydrogens is 258 g/mol. The molecule has 1 aromatic heterocycles. The second-order valence-corrected chi connectivity index (χ2v) is 6.01. The predicted molar refractivity (Wildman–Crippen MR) is 73.1 cm³/mol. The lowest BCUT2D eigenvalue weighted by atomic mass is 9.96. The normalized spacial score (nSPS) is 36.7. The zero-order chi connectivity index (χ0) is 14.1. The second-order valence-electron chi connectivity index (χ2n) is 6.01. The first-order valence-corrected chi connectivity index (χ1v) is 7.34. The fourth-order valence-corrected chi connectivity index (χ4v) is 2.93. The van der Waals surface area contributed by atoms with Crippen LogP contribution in [0.1, 0.15) is 26.3 Å². The Morgan fingerprint density at radius 3 is 3.05 bits per heavy atom. The van der Waals surface area contributed by atoms with E-state index in [4.69, 9.17) is 9.47 Å². The summed E-state index contributed by atoms with van der Waals surface area (Å²) in [6, 6.07) is 1.44. The monoisotopic (exact) mass is 281 g/mol. The summed E-state index contributed by atoms with van der Waals surface area (Å²) in [5.74, 6) is 0.638. The van der Waals surface area contributed by atoms with Crippen LogP contribution < -0.4 is 5.32 Å². The first-order valence-electron chi connectivity index (χ1n) is 7.34. The third kappa shape index (κ3) is 2.61. The lowest BCUT2D eigenvalue weighted by Crippen LogP contribution is -2.57. The lowest BCUT2D eigenvalue weighted by Gasteiger charge is -2.38. The van der Waals surface area contributed by atoms with Gasteiger partial charge in [0, 0.05) is 12.4 Å². The largest absolute Gasteiger partial charge is 0.389 e. The van der Waals surface area contributed by atoms with Gasteiger partial charge in [0.2, 0.25) is 0 Å². The van der Waals surface area contributed by atoms with Crippen molar-refractivity contribution >= 4 is 0 Å². The van der Waals surface area contributed by atoms with Crippen molar-refractivity contribution in [2.75, 3.05) is 13.2 Å². The van der Waals surface area contributed by atoms with E-state index in [0.29, 0.717) is 12.5 Å². The SMILES string of the molecule is CC(C)CCN[C@H]1[C@H](O)[C@@H](n2cccn2)[C@@H]2OC[C@H]1O2. The molecule has 0 aromatic carbocycles. The Morgan fingerprint density at radius 1 is 1.50 bits per heavy atom. The zero-order valence-corrected chi connectivity index (χ0v) is 12.0. The molecule has 2 fully saturated rings. The van der Waals surface area contributed by atoms with Crippen molar-refractivity contribution in [3.8, 4) is 0 Å². The highest BCUT2D eigenvalue weighted by molar-refractivity contribution is 5.00. The van der Waals surface area contributed by atoms with Crippen LogP contribution in [0.25, 0.3) is 0 Å². The van der Waals surface area contributed by atoms with E-state index in [-0.39, 0.29) is 18.2 Å². The summed E-state index contributed by atoms with van der Waals surface area (Å²) in [6.07, 6.45) is 3.58. The molecule has 0 spiro atoms. The van der Waals surface area contributed by atoms with Gasteiger partial charge in [0.05, 0.1) is 18.8 Å². The van der Waals surface area contributed by atoms with E-state index in [2.05, 4.69) is 24.3 Å². The van der Waals surface area contributed by atoms with Crippen molar-refractivity contribution in [1.82, 2.24) is 15.1 Å². The molecule has 3 rings (SSSR count). The molecule has 0 amide bonds. The maximum absolute atomic E-state index is 10.7. The molecule has 0 saturated carbocycles. The van der Waals surface area contributed by atoms with E-state index in [1.807, 2.05) is 12.3 Å². The summed E-state index contributed by atoms with van der Waals surface area (Å²) in [6.45, 7) is 5.78. The van der Waals surface area contributed by atoms with E-state index >= 15 is 0 Å². The van der Waals surface area contributed by atoms with Crippen molar-refractivity contribution in [2.45, 2.75) is 50.8 Å². The molecule has 112 valence electrons. The lowest BCUT2D eigenvalue weighted by molar-refractivity contribution is -0.168. The summed E-state index contributed by atoms with van der Waals surface area (Å²) in [7, 11) is 0. The van der Waals surface area contributed by atoms with E-state index in [0.717, 1.165) is 13.0 Å². The van der Waals surface area contributed by atoms with Crippen LogP contribution in [0.3, 0.4) is 0 Å². The quantitative estimate of drug-likeness (QED) is 0.824. The Labute approximate surface area is 119 Å². The van der Waals surface area contributed by atoms with Crippen LogP contribution in [0, 0.1) is 5.92 Å². The molecule has 2 aliphatic rings. The van der Waals surface area contributed by atoms with Gasteiger partial charge in [0.1, 0.15) is 12.1 Å². The molecule has 20 heavy (non-hydrogen) atoms. The highest BCUT2D eigenvalue weighted by atomic mass is 16.7. The molecule has 0 radical (unpaired) electrons. The molecule has 0 unspecified atom stereocenters. The van der Waals surface area contributed by atoms with Crippen molar-refractivity contribution in [3.05, 3.63) is 18.5 Å². The molecule has 2 N–H and O–H groups in total. The van der Waals surface area contributed by atoms with E-state index in [9.17, 15) is 5.11 Å². The van der Waals surface area contributed by atoms with Gasteiger partial charge in [-0.15, -0.1) is 0 Å². The van der Waals surface area contributed by atoms with Crippen LogP contribution in [0.5, 0.6) is 0 Å². The van der Waals surface area contributed by atoms with E-state index in [1.165, 1.54) is 0 Å². The standard InChI is InChI=1S/C14H23N3O3/c1-9(2)4-6-15-11-10-8-19-14(20-10)12(13(11)18)17-7-3-5-16-17/h3,5,7,9-15,18H,4,6,8H2,1-2H3/t10-,11-,12-,13+,14-/m1/s1. The summed E-state index contributed by atoms with van der Waals surface area (Å²) in [4.78, 5) is 0. The van der Waals surface area contributed by atoms with Gasteiger partial charge in [-0.1, -0.05) is 13.8 Å². The molecule has 2 bridgehead atoms. The van der Waals surface area contributed by atoms with Gasteiger partial charge >= 0.3 is 0 Å². The molecule has 0 aliphatic carbocycles. The number of hydrogen-bond donors (Lipinski definition) is 2. The van der Waals surface area contributed by atoms with Gasteiger partial charge in [0.15, 0.2) is 6.29 Å². The summed E-state index contributed by atoms with van der Waals surface area (Å²) >= 11 is 0. The Balaban J connectivity index is 1.70. The number of fused-ring (bicyclic) bond motifs is 2. The number of rotatable bonds is 5. The fraction of sp³-hybridized carbons (Fsp3) is 0.786. The Morgan fingerprint density at radius 2 is 2.35 bits per heavy atom. The van der Waals surface area contributed by atoms with Crippen LogP contribution in [0.15, 0.2) is 18.5 Å². The summed E-state index contributed by atoms with van der Waals surface area (Å²) in [5.41, 5.74) is 0. The third-order valence-corrected chi connectivity index (χ3v) is 4.06. The van der Waals surface area contributed by atoms with Crippen LogP contribution in [-0.4, -0.2) is 52.6 Å². The topological polar surface area (TPSA) is 68.5 Å². The smallest absolute Gasteiger partial charge is 0.183 e. The number of hydrogen-bond acceptors (Lipinski definition) is 5. The minimum atomic E-state index is -0.562. The summed E-state index contributed by atoms with van der Waals surface area (Å²) in [5, 5.41) is 18.3. The minimum absolute atomic E-state index is 0.0750. The number of ether oxygens (including phenoxy) is 2. The first kappa shape index (κ1) is 14.0. The minimum Gasteiger partial charge on any atom is -0.389 e. The van der Waals surface area contributed by atoms with Gasteiger partial charge in [0.25, 0.3) is 0 Å². The van der Waals surface area contributed by atoms with Crippen LogP contribution in [0.4, 0.5) is 0 Å². The Kier molecular flexibility index (Phi) is 4.07. The van der Waals surface area contributed by atoms with Crippen molar-refractivity contribution in [1.29, 1.82) is 0 Å². The molecule has 6 nitrogen and oxygen atoms in total. The predicted octanol–water partition coefficient (Wildman–Crippen LogP) is 0.544. The number of aliphatic hydroxyl groups is 1. The fourth-order valence-electron chi connectivity index (χ4n) is 2.93. The van der Waals surface area contributed by atoms with Gasteiger partial charge in [-0.25, -0.2) is 0 Å². The molecular formula is C14H23N3O3. The Bertz CT molecular complexity index is 423. The van der Waals surface area contributed by atoms with Gasteiger partial charge in [-0.3, -0.25) is 4.68 Å². The average molecular weight is 281 g/mol. The molecule has 2 saturated heterocycles. The highest BCUT2D eigenvalue weighted by Crippen LogP contribution is 2.35. The number of aliphatic hydroxyl groups excluding tert-OH is 1. The first-order chi connectivity index (χ1) is 9.66.